The van der Waals surface area contributed by atoms with Gasteiger partial charge in [-0.2, -0.15) is 0 Å². The van der Waals surface area contributed by atoms with Crippen molar-refractivity contribution in [2.45, 2.75) is 71.4 Å². The number of anilines is 1. The van der Waals surface area contributed by atoms with E-state index in [1.807, 2.05) is 20.8 Å². The molecule has 1 atom stereocenters. The summed E-state index contributed by atoms with van der Waals surface area (Å²) in [6, 6.07) is 2.75. The molecule has 0 saturated heterocycles. The molecule has 29 heavy (non-hydrogen) atoms. The molecule has 0 unspecified atom stereocenters. The zero-order valence-electron chi connectivity index (χ0n) is 17.2. The second kappa shape index (κ2) is 8.88. The standard InChI is InChI=1S/C21H28F2N2O4/c1-13(18(27)24-16-8-7-14(22)11-15(16)23)29-19(28)21(9-5-6-10-21)12-17(26)25-20(2,3)4/h7-8,11,13H,5-6,9-10,12H2,1-4H3,(H,24,27)(H,25,26)/t13-/m0/s1. The maximum atomic E-state index is 13.7. The average Bonchev–Trinajstić information content (AvgIpc) is 3.05. The summed E-state index contributed by atoms with van der Waals surface area (Å²) in [5.74, 6) is -3.29. The van der Waals surface area contributed by atoms with Gasteiger partial charge < -0.3 is 15.4 Å². The largest absolute Gasteiger partial charge is 0.452 e. The first-order chi connectivity index (χ1) is 13.4. The van der Waals surface area contributed by atoms with Gasteiger partial charge in [-0.05, 0) is 52.7 Å². The van der Waals surface area contributed by atoms with Crippen LogP contribution in [0.5, 0.6) is 0 Å². The molecule has 0 aliphatic heterocycles. The predicted molar refractivity (Wildman–Crippen MR) is 104 cm³/mol. The summed E-state index contributed by atoms with van der Waals surface area (Å²) in [7, 11) is 0. The van der Waals surface area contributed by atoms with Gasteiger partial charge in [-0.3, -0.25) is 14.4 Å². The van der Waals surface area contributed by atoms with E-state index < -0.39 is 40.6 Å². The van der Waals surface area contributed by atoms with E-state index in [4.69, 9.17) is 4.74 Å². The minimum absolute atomic E-state index is 0.00989. The van der Waals surface area contributed by atoms with E-state index >= 15 is 0 Å². The number of amides is 2. The first-order valence-corrected chi connectivity index (χ1v) is 9.70. The van der Waals surface area contributed by atoms with Crippen molar-refractivity contribution in [2.75, 3.05) is 5.32 Å². The molecular formula is C21H28F2N2O4. The molecule has 160 valence electrons. The minimum Gasteiger partial charge on any atom is -0.452 e. The van der Waals surface area contributed by atoms with Crippen molar-refractivity contribution in [1.82, 2.24) is 5.32 Å². The third kappa shape index (κ3) is 6.24. The van der Waals surface area contributed by atoms with E-state index in [2.05, 4.69) is 10.6 Å². The zero-order valence-corrected chi connectivity index (χ0v) is 17.2. The zero-order chi connectivity index (χ0) is 21.8. The lowest BCUT2D eigenvalue weighted by atomic mass is 9.82. The van der Waals surface area contributed by atoms with Gasteiger partial charge in [0.1, 0.15) is 11.6 Å². The van der Waals surface area contributed by atoms with Crippen molar-refractivity contribution >= 4 is 23.5 Å². The number of benzene rings is 1. The predicted octanol–water partition coefficient (Wildman–Crippen LogP) is 3.70. The quantitative estimate of drug-likeness (QED) is 0.701. The molecule has 8 heteroatoms. The van der Waals surface area contributed by atoms with Crippen molar-refractivity contribution in [3.8, 4) is 0 Å². The van der Waals surface area contributed by atoms with E-state index in [1.54, 1.807) is 0 Å². The first kappa shape index (κ1) is 22.8. The van der Waals surface area contributed by atoms with Crippen LogP contribution < -0.4 is 10.6 Å². The van der Waals surface area contributed by atoms with Crippen LogP contribution in [0.2, 0.25) is 0 Å². The van der Waals surface area contributed by atoms with Crippen LogP contribution in [-0.4, -0.2) is 29.4 Å². The van der Waals surface area contributed by atoms with Crippen LogP contribution in [0.1, 0.15) is 59.8 Å². The van der Waals surface area contributed by atoms with Crippen LogP contribution in [0, 0.1) is 17.0 Å². The van der Waals surface area contributed by atoms with Gasteiger partial charge in [-0.15, -0.1) is 0 Å². The maximum absolute atomic E-state index is 13.7. The highest BCUT2D eigenvalue weighted by atomic mass is 19.1. The van der Waals surface area contributed by atoms with Gasteiger partial charge in [0.15, 0.2) is 6.10 Å². The number of carbonyl (C=O) groups is 3. The Morgan fingerprint density at radius 1 is 1.17 bits per heavy atom. The molecule has 1 aromatic carbocycles. The van der Waals surface area contributed by atoms with Gasteiger partial charge in [-0.1, -0.05) is 12.8 Å². The van der Waals surface area contributed by atoms with E-state index in [0.29, 0.717) is 18.9 Å². The van der Waals surface area contributed by atoms with Crippen LogP contribution >= 0.6 is 0 Å². The Morgan fingerprint density at radius 2 is 1.79 bits per heavy atom. The highest BCUT2D eigenvalue weighted by Gasteiger charge is 2.45. The lowest BCUT2D eigenvalue weighted by molar-refractivity contribution is -0.165. The van der Waals surface area contributed by atoms with Crippen LogP contribution in [0.25, 0.3) is 0 Å². The van der Waals surface area contributed by atoms with Gasteiger partial charge in [-0.25, -0.2) is 8.78 Å². The van der Waals surface area contributed by atoms with Crippen molar-refractivity contribution in [2.24, 2.45) is 5.41 Å². The highest BCUT2D eigenvalue weighted by molar-refractivity contribution is 5.96. The van der Waals surface area contributed by atoms with Gasteiger partial charge in [0, 0.05) is 18.0 Å². The number of esters is 1. The van der Waals surface area contributed by atoms with E-state index in [1.165, 1.54) is 6.92 Å². The smallest absolute Gasteiger partial charge is 0.313 e. The Labute approximate surface area is 169 Å². The Bertz CT molecular complexity index is 783. The number of ether oxygens (including phenoxy) is 1. The number of nitrogens with one attached hydrogen (secondary N) is 2. The summed E-state index contributed by atoms with van der Waals surface area (Å²) in [6.07, 6.45) is 1.38. The van der Waals surface area contributed by atoms with Crippen molar-refractivity contribution in [3.63, 3.8) is 0 Å². The Morgan fingerprint density at radius 3 is 2.34 bits per heavy atom. The normalized spacial score (nSPS) is 16.8. The second-order valence-corrected chi connectivity index (χ2v) is 8.62. The third-order valence-electron chi connectivity index (χ3n) is 4.85. The third-order valence-corrected chi connectivity index (χ3v) is 4.85. The molecule has 6 nitrogen and oxygen atoms in total. The van der Waals surface area contributed by atoms with Gasteiger partial charge in [0.05, 0.1) is 11.1 Å². The molecule has 1 aliphatic rings. The molecule has 1 aromatic rings. The Hall–Kier alpha value is -2.51. The summed E-state index contributed by atoms with van der Waals surface area (Å²) in [6.45, 7) is 6.93. The summed E-state index contributed by atoms with van der Waals surface area (Å²) in [5.41, 5.74) is -1.60. The number of hydrogen-bond donors (Lipinski definition) is 2. The van der Waals surface area contributed by atoms with Gasteiger partial charge in [0.2, 0.25) is 5.91 Å². The number of rotatable bonds is 6. The first-order valence-electron chi connectivity index (χ1n) is 9.70. The van der Waals surface area contributed by atoms with E-state index in [0.717, 1.165) is 25.0 Å². The fraction of sp³-hybridized carbons (Fsp3) is 0.571. The molecule has 0 bridgehead atoms. The fourth-order valence-corrected chi connectivity index (χ4v) is 3.44. The van der Waals surface area contributed by atoms with Crippen LogP contribution in [-0.2, 0) is 19.1 Å². The number of hydrogen-bond acceptors (Lipinski definition) is 4. The van der Waals surface area contributed by atoms with Crippen LogP contribution in [0.3, 0.4) is 0 Å². The molecule has 1 saturated carbocycles. The minimum atomic E-state index is -1.20. The van der Waals surface area contributed by atoms with E-state index in [-0.39, 0.29) is 18.0 Å². The fourth-order valence-electron chi connectivity index (χ4n) is 3.44. The van der Waals surface area contributed by atoms with Crippen molar-refractivity contribution < 1.29 is 27.9 Å². The molecule has 0 heterocycles. The molecule has 0 spiro atoms. The van der Waals surface area contributed by atoms with Crippen molar-refractivity contribution in [1.29, 1.82) is 0 Å². The maximum Gasteiger partial charge on any atom is 0.313 e. The van der Waals surface area contributed by atoms with Gasteiger partial charge >= 0.3 is 5.97 Å². The topological polar surface area (TPSA) is 84.5 Å². The molecule has 0 radical (unpaired) electrons. The summed E-state index contributed by atoms with van der Waals surface area (Å²) < 4.78 is 32.0. The summed E-state index contributed by atoms with van der Waals surface area (Å²) in [5, 5.41) is 5.13. The second-order valence-electron chi connectivity index (χ2n) is 8.62. The highest BCUT2D eigenvalue weighted by Crippen LogP contribution is 2.42. The Balaban J connectivity index is 2.03. The Kier molecular flexibility index (Phi) is 6.97. The van der Waals surface area contributed by atoms with E-state index in [9.17, 15) is 23.2 Å². The molecule has 2 rings (SSSR count). The summed E-state index contributed by atoms with van der Waals surface area (Å²) in [4.78, 5) is 37.5. The molecule has 1 fully saturated rings. The monoisotopic (exact) mass is 410 g/mol. The molecule has 1 aliphatic carbocycles. The van der Waals surface area contributed by atoms with Crippen LogP contribution in [0.4, 0.5) is 14.5 Å². The molecule has 0 aromatic heterocycles. The van der Waals surface area contributed by atoms with Gasteiger partial charge in [0.25, 0.3) is 5.91 Å². The number of halogens is 2. The number of carbonyl (C=O) groups excluding carboxylic acids is 3. The SMILES string of the molecule is C[C@H](OC(=O)C1(CC(=O)NC(C)(C)C)CCCC1)C(=O)Nc1ccc(F)cc1F. The molecule has 2 amide bonds. The van der Waals surface area contributed by atoms with Crippen LogP contribution in [0.15, 0.2) is 18.2 Å². The lowest BCUT2D eigenvalue weighted by Crippen LogP contribution is -2.45. The van der Waals surface area contributed by atoms with Crippen molar-refractivity contribution in [3.05, 3.63) is 29.8 Å². The lowest BCUT2D eigenvalue weighted by Gasteiger charge is -2.29. The average molecular weight is 410 g/mol. The summed E-state index contributed by atoms with van der Waals surface area (Å²) >= 11 is 0. The molecule has 2 N–H and O–H groups in total. The molecular weight excluding hydrogens is 382 g/mol.